The van der Waals surface area contributed by atoms with Gasteiger partial charge in [0.1, 0.15) is 18.1 Å². The van der Waals surface area contributed by atoms with E-state index in [0.29, 0.717) is 6.61 Å². The molecular formula is C17H17NO2. The van der Waals surface area contributed by atoms with Crippen LogP contribution in [0, 0.1) is 0 Å². The van der Waals surface area contributed by atoms with Gasteiger partial charge in [0.2, 0.25) is 0 Å². The van der Waals surface area contributed by atoms with Crippen molar-refractivity contribution in [2.24, 2.45) is 0 Å². The predicted molar refractivity (Wildman–Crippen MR) is 79.8 cm³/mol. The van der Waals surface area contributed by atoms with Gasteiger partial charge in [0, 0.05) is 17.5 Å². The molecule has 0 unspecified atom stereocenters. The van der Waals surface area contributed by atoms with Crippen LogP contribution in [0.25, 0.3) is 10.8 Å². The Balaban J connectivity index is 1.81. The number of furan rings is 1. The number of fused-ring (bicyclic) bond motifs is 1. The van der Waals surface area contributed by atoms with Crippen LogP contribution < -0.4 is 10.1 Å². The Morgan fingerprint density at radius 2 is 1.90 bits per heavy atom. The minimum absolute atomic E-state index is 0.442. The molecule has 0 radical (unpaired) electrons. The van der Waals surface area contributed by atoms with Gasteiger partial charge in [0.05, 0.1) is 6.26 Å². The van der Waals surface area contributed by atoms with Crippen molar-refractivity contribution in [2.75, 3.05) is 7.05 Å². The third kappa shape index (κ3) is 2.53. The Kier molecular flexibility index (Phi) is 3.70. The predicted octanol–water partition coefficient (Wildman–Crippen LogP) is 3.73. The van der Waals surface area contributed by atoms with Gasteiger partial charge in [-0.2, -0.15) is 0 Å². The van der Waals surface area contributed by atoms with Crippen molar-refractivity contribution in [3.63, 3.8) is 0 Å². The lowest BCUT2D eigenvalue weighted by Crippen LogP contribution is -2.07. The van der Waals surface area contributed by atoms with Crippen LogP contribution in [-0.4, -0.2) is 7.05 Å². The van der Waals surface area contributed by atoms with E-state index in [1.807, 2.05) is 37.4 Å². The standard InChI is InChI=1S/C17H17NO2/c1-18-11-14-9-10-19-17(14)12-20-16-8-4-6-13-5-2-3-7-15(13)16/h2-10,18H,11-12H2,1H3. The molecule has 0 spiro atoms. The summed E-state index contributed by atoms with van der Waals surface area (Å²) in [5.74, 6) is 1.75. The fourth-order valence-corrected chi connectivity index (χ4v) is 2.31. The van der Waals surface area contributed by atoms with E-state index < -0.39 is 0 Å². The van der Waals surface area contributed by atoms with E-state index in [0.717, 1.165) is 29.0 Å². The highest BCUT2D eigenvalue weighted by Gasteiger charge is 2.07. The summed E-state index contributed by atoms with van der Waals surface area (Å²) >= 11 is 0. The molecule has 102 valence electrons. The van der Waals surface area contributed by atoms with Crippen molar-refractivity contribution in [1.82, 2.24) is 5.32 Å². The summed E-state index contributed by atoms with van der Waals surface area (Å²) in [5, 5.41) is 5.43. The largest absolute Gasteiger partial charge is 0.485 e. The van der Waals surface area contributed by atoms with Crippen LogP contribution in [0.1, 0.15) is 11.3 Å². The highest BCUT2D eigenvalue weighted by molar-refractivity contribution is 5.88. The van der Waals surface area contributed by atoms with Crippen LogP contribution in [0.4, 0.5) is 0 Å². The molecule has 0 saturated carbocycles. The highest BCUT2D eigenvalue weighted by Crippen LogP contribution is 2.26. The quantitative estimate of drug-likeness (QED) is 0.765. The summed E-state index contributed by atoms with van der Waals surface area (Å²) in [6.45, 7) is 1.22. The molecule has 1 aromatic heterocycles. The first-order valence-electron chi connectivity index (χ1n) is 6.69. The van der Waals surface area contributed by atoms with Crippen LogP contribution in [-0.2, 0) is 13.2 Å². The molecule has 1 heterocycles. The van der Waals surface area contributed by atoms with E-state index in [1.165, 1.54) is 5.39 Å². The van der Waals surface area contributed by atoms with Gasteiger partial charge in [-0.3, -0.25) is 0 Å². The summed E-state index contributed by atoms with van der Waals surface area (Å²) in [7, 11) is 1.92. The second kappa shape index (κ2) is 5.80. The molecule has 3 heteroatoms. The van der Waals surface area contributed by atoms with Crippen molar-refractivity contribution < 1.29 is 9.15 Å². The smallest absolute Gasteiger partial charge is 0.146 e. The topological polar surface area (TPSA) is 34.4 Å². The summed E-state index contributed by atoms with van der Waals surface area (Å²) in [6.07, 6.45) is 1.70. The molecule has 0 aliphatic heterocycles. The average molecular weight is 267 g/mol. The first kappa shape index (κ1) is 12.8. The number of benzene rings is 2. The van der Waals surface area contributed by atoms with Crippen molar-refractivity contribution in [1.29, 1.82) is 0 Å². The maximum absolute atomic E-state index is 5.93. The zero-order chi connectivity index (χ0) is 13.8. The Morgan fingerprint density at radius 1 is 1.05 bits per heavy atom. The second-order valence-corrected chi connectivity index (χ2v) is 4.67. The zero-order valence-corrected chi connectivity index (χ0v) is 11.4. The summed E-state index contributed by atoms with van der Waals surface area (Å²) < 4.78 is 11.4. The first-order valence-corrected chi connectivity index (χ1v) is 6.69. The van der Waals surface area contributed by atoms with Crippen molar-refractivity contribution in [3.05, 3.63) is 66.1 Å². The number of ether oxygens (including phenoxy) is 1. The van der Waals surface area contributed by atoms with Crippen molar-refractivity contribution in [2.45, 2.75) is 13.2 Å². The molecule has 3 aromatic rings. The minimum atomic E-state index is 0.442. The maximum Gasteiger partial charge on any atom is 0.146 e. The van der Waals surface area contributed by atoms with E-state index in [-0.39, 0.29) is 0 Å². The van der Waals surface area contributed by atoms with E-state index in [2.05, 4.69) is 23.5 Å². The molecular weight excluding hydrogens is 250 g/mol. The van der Waals surface area contributed by atoms with Crippen molar-refractivity contribution >= 4 is 10.8 Å². The lowest BCUT2D eigenvalue weighted by atomic mass is 10.1. The first-order chi connectivity index (χ1) is 9.88. The molecule has 0 aliphatic carbocycles. The second-order valence-electron chi connectivity index (χ2n) is 4.67. The van der Waals surface area contributed by atoms with Crippen LogP contribution >= 0.6 is 0 Å². The summed E-state index contributed by atoms with van der Waals surface area (Å²) in [5.41, 5.74) is 1.13. The van der Waals surface area contributed by atoms with Gasteiger partial charge in [0.15, 0.2) is 0 Å². The van der Waals surface area contributed by atoms with E-state index in [4.69, 9.17) is 9.15 Å². The van der Waals surface area contributed by atoms with Gasteiger partial charge in [-0.1, -0.05) is 36.4 Å². The Morgan fingerprint density at radius 3 is 2.80 bits per heavy atom. The van der Waals surface area contributed by atoms with Crippen LogP contribution in [0.15, 0.2) is 59.2 Å². The van der Waals surface area contributed by atoms with Gasteiger partial charge in [-0.05, 0) is 24.6 Å². The third-order valence-electron chi connectivity index (χ3n) is 3.31. The Labute approximate surface area is 118 Å². The van der Waals surface area contributed by atoms with Gasteiger partial charge >= 0.3 is 0 Å². The normalized spacial score (nSPS) is 10.8. The van der Waals surface area contributed by atoms with Crippen LogP contribution in [0.2, 0.25) is 0 Å². The Bertz CT molecular complexity index is 698. The molecule has 0 bridgehead atoms. The van der Waals surface area contributed by atoms with Gasteiger partial charge < -0.3 is 14.5 Å². The van der Waals surface area contributed by atoms with Gasteiger partial charge in [0.25, 0.3) is 0 Å². The fraction of sp³-hybridized carbons (Fsp3) is 0.176. The minimum Gasteiger partial charge on any atom is -0.485 e. The molecule has 1 N–H and O–H groups in total. The fourth-order valence-electron chi connectivity index (χ4n) is 2.31. The van der Waals surface area contributed by atoms with Gasteiger partial charge in [-0.15, -0.1) is 0 Å². The van der Waals surface area contributed by atoms with Gasteiger partial charge in [-0.25, -0.2) is 0 Å². The number of hydrogen-bond acceptors (Lipinski definition) is 3. The molecule has 20 heavy (non-hydrogen) atoms. The number of hydrogen-bond donors (Lipinski definition) is 1. The highest BCUT2D eigenvalue weighted by atomic mass is 16.5. The molecule has 0 aliphatic rings. The molecule has 0 atom stereocenters. The number of nitrogens with one attached hydrogen (secondary N) is 1. The summed E-state index contributed by atoms with van der Waals surface area (Å²) in [4.78, 5) is 0. The SMILES string of the molecule is CNCc1ccoc1COc1cccc2ccccc12. The monoisotopic (exact) mass is 267 g/mol. The van der Waals surface area contributed by atoms with Crippen LogP contribution in [0.3, 0.4) is 0 Å². The molecule has 2 aromatic carbocycles. The Hall–Kier alpha value is -2.26. The molecule has 0 saturated heterocycles. The van der Waals surface area contributed by atoms with E-state index in [1.54, 1.807) is 6.26 Å². The van der Waals surface area contributed by atoms with Crippen LogP contribution in [0.5, 0.6) is 5.75 Å². The molecule has 3 rings (SSSR count). The third-order valence-corrected chi connectivity index (χ3v) is 3.31. The van der Waals surface area contributed by atoms with Crippen molar-refractivity contribution in [3.8, 4) is 5.75 Å². The van der Waals surface area contributed by atoms with E-state index in [9.17, 15) is 0 Å². The van der Waals surface area contributed by atoms with E-state index >= 15 is 0 Å². The average Bonchev–Trinajstić information content (AvgIpc) is 2.93. The molecule has 3 nitrogen and oxygen atoms in total. The lowest BCUT2D eigenvalue weighted by Gasteiger charge is -2.09. The summed E-state index contributed by atoms with van der Waals surface area (Å²) in [6, 6.07) is 16.3. The maximum atomic E-state index is 5.93. The molecule has 0 fully saturated rings. The molecule has 0 amide bonds. The zero-order valence-electron chi connectivity index (χ0n) is 11.4. The lowest BCUT2D eigenvalue weighted by molar-refractivity contribution is 0.271. The number of rotatable bonds is 5.